The molecular formula is C19H25N3O4. The van der Waals surface area contributed by atoms with Crippen LogP contribution in [0.3, 0.4) is 0 Å². The average molecular weight is 359 g/mol. The molecular weight excluding hydrogens is 334 g/mol. The zero-order valence-electron chi connectivity index (χ0n) is 15.3. The summed E-state index contributed by atoms with van der Waals surface area (Å²) in [6.07, 6.45) is 3.59. The predicted octanol–water partition coefficient (Wildman–Crippen LogP) is 2.27. The second-order valence-electron chi connectivity index (χ2n) is 6.06. The molecule has 7 heteroatoms. The molecule has 0 saturated carbocycles. The molecule has 7 nitrogen and oxygen atoms in total. The van der Waals surface area contributed by atoms with E-state index in [1.807, 2.05) is 6.92 Å². The van der Waals surface area contributed by atoms with Crippen LogP contribution in [0.15, 0.2) is 29.1 Å². The molecule has 0 aliphatic heterocycles. The first-order valence-electron chi connectivity index (χ1n) is 9.02. The van der Waals surface area contributed by atoms with Gasteiger partial charge in [-0.2, -0.15) is 5.10 Å². The van der Waals surface area contributed by atoms with Crippen molar-refractivity contribution in [1.82, 2.24) is 15.1 Å². The second-order valence-corrected chi connectivity index (χ2v) is 6.06. The van der Waals surface area contributed by atoms with Crippen LogP contribution in [0.4, 0.5) is 0 Å². The van der Waals surface area contributed by atoms with Crippen molar-refractivity contribution in [1.29, 1.82) is 0 Å². The zero-order chi connectivity index (χ0) is 18.9. The number of rotatable bonds is 9. The number of nitrogens with one attached hydrogen (secondary N) is 1. The normalized spacial score (nSPS) is 10.7. The smallest absolute Gasteiger partial charge is 0.359 e. The molecule has 0 fully saturated rings. The maximum Gasteiger partial charge on any atom is 0.359 e. The number of carbonyl (C=O) groups is 2. The minimum atomic E-state index is -0.711. The Bertz CT molecular complexity index is 829. The van der Waals surface area contributed by atoms with Crippen molar-refractivity contribution in [2.75, 3.05) is 13.2 Å². The monoisotopic (exact) mass is 359 g/mol. The molecule has 2 aromatic rings. The molecule has 2 rings (SSSR count). The molecule has 0 bridgehead atoms. The first-order chi connectivity index (χ1) is 12.6. The van der Waals surface area contributed by atoms with Gasteiger partial charge in [-0.1, -0.05) is 44.9 Å². The highest BCUT2D eigenvalue weighted by molar-refractivity contribution is 6.02. The minimum Gasteiger partial charge on any atom is -0.451 e. The molecule has 1 amide bonds. The SMILES string of the molecule is CCCCCn1nc(C(=O)OCC(=O)NCCC)c2ccccc2c1=O. The van der Waals surface area contributed by atoms with E-state index in [2.05, 4.69) is 17.3 Å². The third kappa shape index (κ3) is 4.91. The first kappa shape index (κ1) is 19.6. The van der Waals surface area contributed by atoms with Crippen LogP contribution in [0.1, 0.15) is 50.0 Å². The number of aryl methyl sites for hydroxylation is 1. The quantitative estimate of drug-likeness (QED) is 0.548. The van der Waals surface area contributed by atoms with Crippen molar-refractivity contribution in [2.45, 2.75) is 46.1 Å². The lowest BCUT2D eigenvalue weighted by Crippen LogP contribution is -2.30. The predicted molar refractivity (Wildman–Crippen MR) is 99.1 cm³/mol. The summed E-state index contributed by atoms with van der Waals surface area (Å²) < 4.78 is 6.40. The van der Waals surface area contributed by atoms with Crippen molar-refractivity contribution in [2.24, 2.45) is 0 Å². The Balaban J connectivity index is 2.27. The van der Waals surface area contributed by atoms with Crippen LogP contribution in [-0.2, 0) is 16.1 Å². The molecule has 0 atom stereocenters. The maximum absolute atomic E-state index is 12.6. The number of nitrogens with zero attached hydrogens (tertiary/aromatic N) is 2. The molecule has 1 aromatic heterocycles. The number of esters is 1. The third-order valence-electron chi connectivity index (χ3n) is 3.94. The van der Waals surface area contributed by atoms with Gasteiger partial charge in [0.1, 0.15) is 0 Å². The number of fused-ring (bicyclic) bond motifs is 1. The molecule has 0 unspecified atom stereocenters. The van der Waals surface area contributed by atoms with Crippen molar-refractivity contribution in [3.05, 3.63) is 40.3 Å². The number of carbonyl (C=O) groups excluding carboxylic acids is 2. The Morgan fingerprint density at radius 2 is 1.85 bits per heavy atom. The molecule has 1 aromatic carbocycles. The van der Waals surface area contributed by atoms with Crippen LogP contribution in [0.5, 0.6) is 0 Å². The van der Waals surface area contributed by atoms with E-state index in [4.69, 9.17) is 4.74 Å². The summed E-state index contributed by atoms with van der Waals surface area (Å²) in [5.74, 6) is -1.07. The Hall–Kier alpha value is -2.70. The molecule has 140 valence electrons. The van der Waals surface area contributed by atoms with E-state index in [1.165, 1.54) is 4.68 Å². The van der Waals surface area contributed by atoms with E-state index in [1.54, 1.807) is 24.3 Å². The van der Waals surface area contributed by atoms with E-state index >= 15 is 0 Å². The van der Waals surface area contributed by atoms with Gasteiger partial charge >= 0.3 is 5.97 Å². The van der Waals surface area contributed by atoms with Gasteiger partial charge < -0.3 is 10.1 Å². The minimum absolute atomic E-state index is 0.0555. The van der Waals surface area contributed by atoms with Gasteiger partial charge in [-0.15, -0.1) is 0 Å². The Labute approximate surface area is 152 Å². The molecule has 0 aliphatic carbocycles. The molecule has 0 radical (unpaired) electrons. The lowest BCUT2D eigenvalue weighted by molar-refractivity contribution is -0.124. The summed E-state index contributed by atoms with van der Waals surface area (Å²) in [4.78, 5) is 36.6. The number of ether oxygens (including phenoxy) is 1. The number of hydrogen-bond donors (Lipinski definition) is 1. The van der Waals surface area contributed by atoms with E-state index in [9.17, 15) is 14.4 Å². The van der Waals surface area contributed by atoms with E-state index in [0.29, 0.717) is 23.9 Å². The van der Waals surface area contributed by atoms with Crippen LogP contribution >= 0.6 is 0 Å². The van der Waals surface area contributed by atoms with Crippen molar-refractivity contribution in [3.63, 3.8) is 0 Å². The summed E-state index contributed by atoms with van der Waals surface area (Å²) in [6, 6.07) is 6.80. The lowest BCUT2D eigenvalue weighted by atomic mass is 10.1. The van der Waals surface area contributed by atoms with Gasteiger partial charge in [0, 0.05) is 18.5 Å². The highest BCUT2D eigenvalue weighted by Crippen LogP contribution is 2.14. The van der Waals surface area contributed by atoms with Gasteiger partial charge in [0.25, 0.3) is 11.5 Å². The van der Waals surface area contributed by atoms with E-state index in [-0.39, 0.29) is 23.8 Å². The molecule has 0 spiro atoms. The highest BCUT2D eigenvalue weighted by Gasteiger charge is 2.18. The third-order valence-corrected chi connectivity index (χ3v) is 3.94. The highest BCUT2D eigenvalue weighted by atomic mass is 16.5. The van der Waals surface area contributed by atoms with E-state index < -0.39 is 5.97 Å². The Kier molecular flexibility index (Phi) is 7.32. The maximum atomic E-state index is 12.6. The van der Waals surface area contributed by atoms with Gasteiger partial charge in [-0.3, -0.25) is 9.59 Å². The first-order valence-corrected chi connectivity index (χ1v) is 9.02. The molecule has 26 heavy (non-hydrogen) atoms. The van der Waals surface area contributed by atoms with Crippen LogP contribution in [0.2, 0.25) is 0 Å². The summed E-state index contributed by atoms with van der Waals surface area (Å²) >= 11 is 0. The van der Waals surface area contributed by atoms with Crippen LogP contribution in [-0.4, -0.2) is 34.8 Å². The van der Waals surface area contributed by atoms with Gasteiger partial charge in [0.2, 0.25) is 0 Å². The Morgan fingerprint density at radius 1 is 1.12 bits per heavy atom. The van der Waals surface area contributed by atoms with Crippen LogP contribution in [0, 0.1) is 0 Å². The summed E-state index contributed by atoms with van der Waals surface area (Å²) in [6.45, 7) is 4.60. The molecule has 0 aliphatic rings. The fourth-order valence-electron chi connectivity index (χ4n) is 2.56. The number of aromatic nitrogens is 2. The average Bonchev–Trinajstić information content (AvgIpc) is 2.66. The standard InChI is InChI=1S/C19H25N3O4/c1-3-5-8-12-22-18(24)15-10-7-6-9-14(15)17(21-22)19(25)26-13-16(23)20-11-4-2/h6-7,9-10H,3-5,8,11-13H2,1-2H3,(H,20,23). The van der Waals surface area contributed by atoms with Gasteiger partial charge in [-0.25, -0.2) is 9.48 Å². The van der Waals surface area contributed by atoms with Crippen LogP contribution < -0.4 is 10.9 Å². The van der Waals surface area contributed by atoms with Crippen molar-refractivity contribution >= 4 is 22.6 Å². The summed E-state index contributed by atoms with van der Waals surface area (Å²) in [7, 11) is 0. The summed E-state index contributed by atoms with van der Waals surface area (Å²) in [5.41, 5.74) is -0.172. The van der Waals surface area contributed by atoms with Gasteiger partial charge in [0.15, 0.2) is 12.3 Å². The molecule has 0 saturated heterocycles. The van der Waals surface area contributed by atoms with Crippen molar-refractivity contribution in [3.8, 4) is 0 Å². The fourth-order valence-corrected chi connectivity index (χ4v) is 2.56. The Morgan fingerprint density at radius 3 is 2.54 bits per heavy atom. The van der Waals surface area contributed by atoms with Gasteiger partial charge in [0.05, 0.1) is 5.39 Å². The topological polar surface area (TPSA) is 90.3 Å². The number of hydrogen-bond acceptors (Lipinski definition) is 5. The number of unbranched alkanes of at least 4 members (excludes halogenated alkanes) is 2. The van der Waals surface area contributed by atoms with E-state index in [0.717, 1.165) is 25.7 Å². The van der Waals surface area contributed by atoms with Gasteiger partial charge in [-0.05, 0) is 18.9 Å². The molecule has 1 heterocycles. The number of benzene rings is 1. The lowest BCUT2D eigenvalue weighted by Gasteiger charge is -2.11. The summed E-state index contributed by atoms with van der Waals surface area (Å²) in [5, 5.41) is 7.70. The number of amides is 1. The zero-order valence-corrected chi connectivity index (χ0v) is 15.3. The molecule has 1 N–H and O–H groups in total. The van der Waals surface area contributed by atoms with Crippen LogP contribution in [0.25, 0.3) is 10.8 Å². The van der Waals surface area contributed by atoms with Crippen molar-refractivity contribution < 1.29 is 14.3 Å². The fraction of sp³-hybridized carbons (Fsp3) is 0.474. The second kappa shape index (κ2) is 9.70. The largest absolute Gasteiger partial charge is 0.451 e.